The first kappa shape index (κ1) is 24.3. The second-order valence-electron chi connectivity index (χ2n) is 9.48. The summed E-state index contributed by atoms with van der Waals surface area (Å²) in [5.41, 5.74) is 3.69. The lowest BCUT2D eigenvalue weighted by Gasteiger charge is -2.39. The summed E-state index contributed by atoms with van der Waals surface area (Å²) in [4.78, 5) is 34.0. The minimum absolute atomic E-state index is 0.134. The molecule has 0 saturated carbocycles. The van der Waals surface area contributed by atoms with Crippen molar-refractivity contribution in [3.8, 4) is 5.75 Å². The van der Waals surface area contributed by atoms with Crippen LogP contribution in [0.25, 0.3) is 6.08 Å². The minimum Gasteiger partial charge on any atom is -0.410 e. The molecule has 2 amide bonds. The summed E-state index contributed by atoms with van der Waals surface area (Å²) in [6, 6.07) is 4.63. The second-order valence-corrected chi connectivity index (χ2v) is 10.5. The van der Waals surface area contributed by atoms with Crippen molar-refractivity contribution in [3.05, 3.63) is 34.5 Å². The summed E-state index contributed by atoms with van der Waals surface area (Å²) in [6.07, 6.45) is 8.95. The van der Waals surface area contributed by atoms with Crippen LogP contribution in [0.2, 0.25) is 0 Å². The number of hydrogen-bond acceptors (Lipinski definition) is 7. The standard InChI is InChI=1S/C25H32FN5O3S/c26-19-14-18(16-22-23(32)28-24(35-22)31-11-5-2-8-27-31)15-21(17-19)34-25(33)30-12-6-20(7-13-30)29-9-3-1-4-10-29/h14-17,20,27H,1-13H2/b22-16+. The van der Waals surface area contributed by atoms with E-state index >= 15 is 0 Å². The molecule has 0 radical (unpaired) electrons. The van der Waals surface area contributed by atoms with Crippen molar-refractivity contribution in [1.29, 1.82) is 0 Å². The van der Waals surface area contributed by atoms with Crippen molar-refractivity contribution in [1.82, 2.24) is 20.2 Å². The van der Waals surface area contributed by atoms with Crippen molar-refractivity contribution in [3.63, 3.8) is 0 Å². The molecule has 10 heteroatoms. The smallest absolute Gasteiger partial charge is 0.410 e. The molecule has 188 valence electrons. The average Bonchev–Trinajstić information content (AvgIpc) is 3.24. The van der Waals surface area contributed by atoms with E-state index in [1.807, 2.05) is 5.01 Å². The highest BCUT2D eigenvalue weighted by Gasteiger charge is 2.29. The summed E-state index contributed by atoms with van der Waals surface area (Å²) in [7, 11) is 0. The van der Waals surface area contributed by atoms with Gasteiger partial charge in [0.1, 0.15) is 11.6 Å². The first-order chi connectivity index (χ1) is 17.0. The highest BCUT2D eigenvalue weighted by Crippen LogP contribution is 2.31. The molecule has 8 nitrogen and oxygen atoms in total. The summed E-state index contributed by atoms with van der Waals surface area (Å²) < 4.78 is 19.9. The van der Waals surface area contributed by atoms with Crippen LogP contribution >= 0.6 is 11.8 Å². The Morgan fingerprint density at radius 3 is 2.57 bits per heavy atom. The van der Waals surface area contributed by atoms with Crippen LogP contribution in [0.5, 0.6) is 5.75 Å². The van der Waals surface area contributed by atoms with Gasteiger partial charge in [-0.1, -0.05) is 6.42 Å². The maximum atomic E-state index is 14.3. The van der Waals surface area contributed by atoms with E-state index in [4.69, 9.17) is 4.74 Å². The number of halogens is 1. The van der Waals surface area contributed by atoms with E-state index < -0.39 is 11.9 Å². The van der Waals surface area contributed by atoms with Crippen molar-refractivity contribution < 1.29 is 18.7 Å². The first-order valence-corrected chi connectivity index (χ1v) is 13.4. The Balaban J connectivity index is 1.19. The second kappa shape index (κ2) is 11.1. The Morgan fingerprint density at radius 2 is 1.83 bits per heavy atom. The molecular weight excluding hydrogens is 469 g/mol. The number of carbonyl (C=O) groups excluding carboxylic acids is 2. The summed E-state index contributed by atoms with van der Waals surface area (Å²) >= 11 is 1.26. The van der Waals surface area contributed by atoms with Crippen LogP contribution < -0.4 is 10.2 Å². The van der Waals surface area contributed by atoms with Gasteiger partial charge in [-0.05, 0) is 87.1 Å². The number of aliphatic imine (C=N–C) groups is 1. The van der Waals surface area contributed by atoms with Crippen LogP contribution in [-0.2, 0) is 4.79 Å². The number of amides is 2. The van der Waals surface area contributed by atoms with E-state index in [1.165, 1.54) is 43.2 Å². The molecule has 35 heavy (non-hydrogen) atoms. The van der Waals surface area contributed by atoms with Gasteiger partial charge in [-0.3, -0.25) is 9.80 Å². The van der Waals surface area contributed by atoms with Crippen LogP contribution in [-0.4, -0.2) is 77.3 Å². The number of hydrogen-bond donors (Lipinski definition) is 1. The number of carbonyl (C=O) groups is 2. The first-order valence-electron chi connectivity index (χ1n) is 12.6. The number of nitrogens with one attached hydrogen (secondary N) is 1. The van der Waals surface area contributed by atoms with Crippen LogP contribution in [0.3, 0.4) is 0 Å². The van der Waals surface area contributed by atoms with Crippen LogP contribution in [0.4, 0.5) is 9.18 Å². The molecular formula is C25H32FN5O3S. The van der Waals surface area contributed by atoms with Crippen LogP contribution in [0.1, 0.15) is 50.5 Å². The van der Waals surface area contributed by atoms with Crippen molar-refractivity contribution in [2.45, 2.75) is 51.0 Å². The zero-order valence-corrected chi connectivity index (χ0v) is 20.7. The number of ether oxygens (including phenoxy) is 1. The van der Waals surface area contributed by atoms with Gasteiger partial charge in [0.05, 0.1) is 4.91 Å². The van der Waals surface area contributed by atoms with E-state index in [1.54, 1.807) is 17.0 Å². The molecule has 3 fully saturated rings. The number of thioether (sulfide) groups is 1. The molecule has 5 rings (SSSR count). The van der Waals surface area contributed by atoms with Gasteiger partial charge >= 0.3 is 6.09 Å². The lowest BCUT2D eigenvalue weighted by molar-refractivity contribution is -0.113. The van der Waals surface area contributed by atoms with E-state index in [2.05, 4.69) is 15.3 Å². The lowest BCUT2D eigenvalue weighted by Crippen LogP contribution is -2.48. The van der Waals surface area contributed by atoms with Gasteiger partial charge in [0.15, 0.2) is 5.17 Å². The van der Waals surface area contributed by atoms with Gasteiger partial charge in [0, 0.05) is 38.3 Å². The Kier molecular flexibility index (Phi) is 7.69. The van der Waals surface area contributed by atoms with E-state index in [0.29, 0.717) is 34.8 Å². The molecule has 3 saturated heterocycles. The van der Waals surface area contributed by atoms with Crippen molar-refractivity contribution >= 4 is 35.0 Å². The van der Waals surface area contributed by atoms with Crippen LogP contribution in [0, 0.1) is 5.82 Å². The normalized spacial score (nSPS) is 23.6. The van der Waals surface area contributed by atoms with E-state index in [9.17, 15) is 14.0 Å². The molecule has 0 aromatic heterocycles. The average molecular weight is 502 g/mol. The lowest BCUT2D eigenvalue weighted by atomic mass is 10.0. The predicted molar refractivity (Wildman–Crippen MR) is 134 cm³/mol. The zero-order chi connectivity index (χ0) is 24.2. The molecule has 0 aliphatic carbocycles. The monoisotopic (exact) mass is 501 g/mol. The molecule has 0 bridgehead atoms. The zero-order valence-electron chi connectivity index (χ0n) is 19.9. The predicted octanol–water partition coefficient (Wildman–Crippen LogP) is 3.85. The number of piperidine rings is 2. The number of nitrogens with zero attached hydrogens (tertiary/aromatic N) is 4. The number of rotatable bonds is 3. The number of hydrazine groups is 1. The van der Waals surface area contributed by atoms with Gasteiger partial charge in [-0.2, -0.15) is 4.99 Å². The topological polar surface area (TPSA) is 77.5 Å². The quantitative estimate of drug-likeness (QED) is 0.631. The Labute approximate surface area is 209 Å². The van der Waals surface area contributed by atoms with Gasteiger partial charge in [-0.25, -0.2) is 14.6 Å². The number of benzene rings is 1. The fourth-order valence-electron chi connectivity index (χ4n) is 5.11. The van der Waals surface area contributed by atoms with Gasteiger partial charge in [0.2, 0.25) is 0 Å². The minimum atomic E-state index is -0.528. The summed E-state index contributed by atoms with van der Waals surface area (Å²) in [6.45, 7) is 5.23. The van der Waals surface area contributed by atoms with Gasteiger partial charge < -0.3 is 14.5 Å². The third kappa shape index (κ3) is 6.05. The highest BCUT2D eigenvalue weighted by atomic mass is 32.2. The van der Waals surface area contributed by atoms with Crippen molar-refractivity contribution in [2.75, 3.05) is 39.3 Å². The number of amidine groups is 1. The van der Waals surface area contributed by atoms with E-state index in [0.717, 1.165) is 51.9 Å². The number of likely N-dealkylation sites (tertiary alicyclic amines) is 2. The third-order valence-corrected chi connectivity index (χ3v) is 7.98. The maximum Gasteiger partial charge on any atom is 0.415 e. The third-order valence-electron chi connectivity index (χ3n) is 6.98. The Morgan fingerprint density at radius 1 is 1.06 bits per heavy atom. The molecule has 0 unspecified atom stereocenters. The molecule has 0 spiro atoms. The molecule has 4 aliphatic heterocycles. The maximum absolute atomic E-state index is 14.3. The Hall–Kier alpha value is -2.43. The van der Waals surface area contributed by atoms with E-state index in [-0.39, 0.29) is 11.7 Å². The molecule has 1 N–H and O–H groups in total. The molecule has 4 aliphatic rings. The van der Waals surface area contributed by atoms with Gasteiger partial charge in [0.25, 0.3) is 5.91 Å². The SMILES string of the molecule is O=C1N=C(N2CCCCN2)S/C1=C/c1cc(F)cc(OC(=O)N2CCC(N3CCCCC3)CC2)c1. The van der Waals surface area contributed by atoms with Crippen molar-refractivity contribution in [2.24, 2.45) is 4.99 Å². The van der Waals surface area contributed by atoms with Crippen LogP contribution in [0.15, 0.2) is 28.1 Å². The highest BCUT2D eigenvalue weighted by molar-refractivity contribution is 8.18. The van der Waals surface area contributed by atoms with Gasteiger partial charge in [-0.15, -0.1) is 0 Å². The molecule has 1 aromatic rings. The Bertz CT molecular complexity index is 1010. The largest absolute Gasteiger partial charge is 0.415 e. The fourth-order valence-corrected chi connectivity index (χ4v) is 6.02. The summed E-state index contributed by atoms with van der Waals surface area (Å²) in [5, 5.41) is 2.50. The fraction of sp³-hybridized carbons (Fsp3) is 0.560. The molecule has 4 heterocycles. The molecule has 0 atom stereocenters. The molecule has 1 aromatic carbocycles. The summed E-state index contributed by atoms with van der Waals surface area (Å²) in [5.74, 6) is -0.744.